The fourth-order valence-electron chi connectivity index (χ4n) is 2.12. The smallest absolute Gasteiger partial charge is 0.267 e. The minimum absolute atomic E-state index is 0.128. The molecule has 22 heavy (non-hydrogen) atoms. The van der Waals surface area contributed by atoms with E-state index in [0.717, 1.165) is 4.68 Å². The van der Waals surface area contributed by atoms with Crippen LogP contribution in [0.25, 0.3) is 10.9 Å². The molecule has 0 amide bonds. The number of hydrogen-bond donors (Lipinski definition) is 0. The molecule has 0 saturated carbocycles. The number of aryl methyl sites for hydroxylation is 1. The molecule has 0 unspecified atom stereocenters. The number of hydrogen-bond acceptors (Lipinski definition) is 3. The topological polar surface area (TPSA) is 47.2 Å². The summed E-state index contributed by atoms with van der Waals surface area (Å²) in [5.41, 5.74) is 0.413. The van der Waals surface area contributed by atoms with Gasteiger partial charge in [0.25, 0.3) is 5.56 Å². The lowest BCUT2D eigenvalue weighted by molar-refractivity contribution is 0.625. The number of nitrogens with zero attached hydrogens (tertiary/aromatic N) is 3. The van der Waals surface area contributed by atoms with E-state index in [4.69, 9.17) is 11.6 Å². The standard InChI is InChI=1S/C16H11ClFN3O/c1-10-20-15-8-3-2-5-11(15)16(22)21(10)19-9-12-13(17)6-4-7-14(12)18/h2-9H,1H3/b19-9+. The van der Waals surface area contributed by atoms with Crippen LogP contribution in [0.2, 0.25) is 5.02 Å². The molecular formula is C16H11ClFN3O. The molecule has 110 valence electrons. The Bertz CT molecular complexity index is 930. The van der Waals surface area contributed by atoms with Gasteiger partial charge in [0.05, 0.1) is 22.1 Å². The normalized spacial score (nSPS) is 11.4. The summed E-state index contributed by atoms with van der Waals surface area (Å²) in [6, 6.07) is 11.3. The Hall–Kier alpha value is -2.53. The van der Waals surface area contributed by atoms with Crippen molar-refractivity contribution < 1.29 is 4.39 Å². The molecule has 0 aliphatic carbocycles. The third-order valence-corrected chi connectivity index (χ3v) is 3.55. The van der Waals surface area contributed by atoms with Gasteiger partial charge in [0.15, 0.2) is 0 Å². The molecule has 0 spiro atoms. The Balaban J connectivity index is 2.15. The third kappa shape index (κ3) is 2.51. The average Bonchev–Trinajstić information content (AvgIpc) is 2.49. The highest BCUT2D eigenvalue weighted by Gasteiger charge is 2.08. The largest absolute Gasteiger partial charge is 0.282 e. The second kappa shape index (κ2) is 5.69. The predicted octanol–water partition coefficient (Wildman–Crippen LogP) is 3.38. The van der Waals surface area contributed by atoms with E-state index >= 15 is 0 Å². The maximum absolute atomic E-state index is 13.7. The second-order valence-corrected chi connectivity index (χ2v) is 5.08. The number of aromatic nitrogens is 2. The number of halogens is 2. The first kappa shape index (κ1) is 14.4. The molecule has 6 heteroatoms. The molecule has 0 bridgehead atoms. The van der Waals surface area contributed by atoms with Gasteiger partial charge in [-0.2, -0.15) is 9.78 Å². The van der Waals surface area contributed by atoms with Crippen molar-refractivity contribution in [3.63, 3.8) is 0 Å². The van der Waals surface area contributed by atoms with Gasteiger partial charge in [0.2, 0.25) is 0 Å². The van der Waals surface area contributed by atoms with Gasteiger partial charge in [-0.25, -0.2) is 9.37 Å². The minimum atomic E-state index is -0.504. The second-order valence-electron chi connectivity index (χ2n) is 4.67. The lowest BCUT2D eigenvalue weighted by atomic mass is 10.2. The van der Waals surface area contributed by atoms with E-state index in [0.29, 0.717) is 16.7 Å². The zero-order valence-corrected chi connectivity index (χ0v) is 12.4. The summed E-state index contributed by atoms with van der Waals surface area (Å²) in [5.74, 6) is -0.0943. The maximum atomic E-state index is 13.7. The molecule has 1 heterocycles. The van der Waals surface area contributed by atoms with Crippen molar-refractivity contribution in [3.05, 3.63) is 75.0 Å². The van der Waals surface area contributed by atoms with Gasteiger partial charge in [-0.05, 0) is 31.2 Å². The van der Waals surface area contributed by atoms with Gasteiger partial charge >= 0.3 is 0 Å². The minimum Gasteiger partial charge on any atom is -0.267 e. The van der Waals surface area contributed by atoms with Gasteiger partial charge in [0.1, 0.15) is 11.6 Å². The maximum Gasteiger partial charge on any atom is 0.282 e. The van der Waals surface area contributed by atoms with Crippen LogP contribution in [0.1, 0.15) is 11.4 Å². The van der Waals surface area contributed by atoms with Gasteiger partial charge in [-0.1, -0.05) is 29.8 Å². The molecule has 4 nitrogen and oxygen atoms in total. The molecule has 1 aromatic heterocycles. The van der Waals surface area contributed by atoms with E-state index in [9.17, 15) is 9.18 Å². The van der Waals surface area contributed by atoms with Gasteiger partial charge in [-0.15, -0.1) is 0 Å². The van der Waals surface area contributed by atoms with Crippen molar-refractivity contribution in [1.82, 2.24) is 9.66 Å². The van der Waals surface area contributed by atoms with Crippen LogP contribution in [0.3, 0.4) is 0 Å². The van der Waals surface area contributed by atoms with Crippen molar-refractivity contribution in [1.29, 1.82) is 0 Å². The fraction of sp³-hybridized carbons (Fsp3) is 0.0625. The highest BCUT2D eigenvalue weighted by atomic mass is 35.5. The Morgan fingerprint density at radius 2 is 2.00 bits per heavy atom. The fourth-order valence-corrected chi connectivity index (χ4v) is 2.33. The summed E-state index contributed by atoms with van der Waals surface area (Å²) in [4.78, 5) is 16.7. The zero-order chi connectivity index (χ0) is 15.7. The molecule has 0 aliphatic heterocycles. The summed E-state index contributed by atoms with van der Waals surface area (Å²) < 4.78 is 14.9. The highest BCUT2D eigenvalue weighted by molar-refractivity contribution is 6.33. The van der Waals surface area contributed by atoms with Crippen molar-refractivity contribution in [3.8, 4) is 0 Å². The molecule has 3 rings (SSSR count). The number of benzene rings is 2. The molecule has 0 fully saturated rings. The van der Waals surface area contributed by atoms with E-state index in [1.807, 2.05) is 0 Å². The molecule has 3 aromatic rings. The Kier molecular flexibility index (Phi) is 3.73. The SMILES string of the molecule is Cc1nc2ccccc2c(=O)n1/N=C/c1c(F)cccc1Cl. The van der Waals surface area contributed by atoms with Crippen LogP contribution >= 0.6 is 11.6 Å². The first-order valence-electron chi connectivity index (χ1n) is 6.54. The number of para-hydroxylation sites is 1. The first-order chi connectivity index (χ1) is 10.6. The van der Waals surface area contributed by atoms with Crippen LogP contribution in [-0.4, -0.2) is 15.9 Å². The Labute approximate surface area is 130 Å². The molecular weight excluding hydrogens is 305 g/mol. The van der Waals surface area contributed by atoms with E-state index < -0.39 is 5.82 Å². The van der Waals surface area contributed by atoms with Crippen LogP contribution in [-0.2, 0) is 0 Å². The van der Waals surface area contributed by atoms with Crippen LogP contribution in [0.15, 0.2) is 52.4 Å². The van der Waals surface area contributed by atoms with Crippen LogP contribution in [0.5, 0.6) is 0 Å². The van der Waals surface area contributed by atoms with Crippen LogP contribution in [0.4, 0.5) is 4.39 Å². The summed E-state index contributed by atoms with van der Waals surface area (Å²) in [7, 11) is 0. The van der Waals surface area contributed by atoms with Crippen molar-refractivity contribution >= 4 is 28.7 Å². The van der Waals surface area contributed by atoms with E-state index in [1.54, 1.807) is 37.3 Å². The zero-order valence-electron chi connectivity index (χ0n) is 11.6. The molecule has 2 aromatic carbocycles. The quantitative estimate of drug-likeness (QED) is 0.681. The van der Waals surface area contributed by atoms with E-state index in [2.05, 4.69) is 10.1 Å². The summed E-state index contributed by atoms with van der Waals surface area (Å²) >= 11 is 5.94. The lowest BCUT2D eigenvalue weighted by Crippen LogP contribution is -2.20. The highest BCUT2D eigenvalue weighted by Crippen LogP contribution is 2.16. The Morgan fingerprint density at radius 1 is 1.23 bits per heavy atom. The number of rotatable bonds is 2. The summed E-state index contributed by atoms with van der Waals surface area (Å²) in [6.45, 7) is 1.66. The molecule has 0 atom stereocenters. The molecule has 0 saturated heterocycles. The number of fused-ring (bicyclic) bond motifs is 1. The third-order valence-electron chi connectivity index (χ3n) is 3.22. The van der Waals surface area contributed by atoms with Crippen molar-refractivity contribution in [2.45, 2.75) is 6.92 Å². The molecule has 0 N–H and O–H groups in total. The summed E-state index contributed by atoms with van der Waals surface area (Å²) in [6.07, 6.45) is 1.22. The van der Waals surface area contributed by atoms with E-state index in [-0.39, 0.29) is 16.1 Å². The van der Waals surface area contributed by atoms with Crippen LogP contribution in [0, 0.1) is 12.7 Å². The average molecular weight is 316 g/mol. The monoisotopic (exact) mass is 315 g/mol. The van der Waals surface area contributed by atoms with Gasteiger partial charge in [0, 0.05) is 5.56 Å². The van der Waals surface area contributed by atoms with Gasteiger partial charge < -0.3 is 0 Å². The van der Waals surface area contributed by atoms with Crippen LogP contribution < -0.4 is 5.56 Å². The summed E-state index contributed by atoms with van der Waals surface area (Å²) in [5, 5.41) is 4.71. The van der Waals surface area contributed by atoms with Gasteiger partial charge in [-0.3, -0.25) is 4.79 Å². The Morgan fingerprint density at radius 3 is 2.77 bits per heavy atom. The van der Waals surface area contributed by atoms with Crippen molar-refractivity contribution in [2.24, 2.45) is 5.10 Å². The molecule has 0 radical (unpaired) electrons. The first-order valence-corrected chi connectivity index (χ1v) is 6.92. The molecule has 0 aliphatic rings. The van der Waals surface area contributed by atoms with Crippen molar-refractivity contribution in [2.75, 3.05) is 0 Å². The predicted molar refractivity (Wildman–Crippen MR) is 85.1 cm³/mol. The lowest BCUT2D eigenvalue weighted by Gasteiger charge is -2.05. The van der Waals surface area contributed by atoms with E-state index in [1.165, 1.54) is 18.3 Å².